The third-order valence-electron chi connectivity index (χ3n) is 3.28. The molecular weight excluding hydrogens is 330 g/mol. The molecule has 3 rings (SSSR count). The fourth-order valence-corrected chi connectivity index (χ4v) is 2.62. The molecule has 0 radical (unpaired) electrons. The zero-order valence-electron chi connectivity index (χ0n) is 11.4. The largest absolute Gasteiger partial charge is 0.495 e. The molecule has 4 nitrogen and oxygen atoms in total. The number of rotatable bonds is 3. The molecule has 106 valence electrons. The summed E-state index contributed by atoms with van der Waals surface area (Å²) in [5.41, 5.74) is 8.63. The molecule has 21 heavy (non-hydrogen) atoms. The van der Waals surface area contributed by atoms with Crippen molar-refractivity contribution in [2.24, 2.45) is 0 Å². The van der Waals surface area contributed by atoms with E-state index in [2.05, 4.69) is 26.2 Å². The van der Waals surface area contributed by atoms with Gasteiger partial charge in [-0.3, -0.25) is 4.98 Å². The number of nitrogens with zero attached hydrogens (tertiary/aromatic N) is 1. The molecule has 1 aromatic heterocycles. The number of fused-ring (bicyclic) bond motifs is 1. The zero-order chi connectivity index (χ0) is 14.8. The molecule has 0 fully saturated rings. The van der Waals surface area contributed by atoms with E-state index in [4.69, 9.17) is 10.5 Å². The topological polar surface area (TPSA) is 60.2 Å². The molecule has 0 aliphatic carbocycles. The van der Waals surface area contributed by atoms with Crippen molar-refractivity contribution in [3.05, 3.63) is 53.3 Å². The molecule has 0 bridgehead atoms. The lowest BCUT2D eigenvalue weighted by molar-refractivity contribution is 0.412. The molecule has 0 aliphatic rings. The number of ether oxygens (including phenoxy) is 1. The van der Waals surface area contributed by atoms with Crippen molar-refractivity contribution in [1.82, 2.24) is 4.98 Å². The van der Waals surface area contributed by atoms with Crippen LogP contribution in [0.25, 0.3) is 10.8 Å². The average molecular weight is 344 g/mol. The van der Waals surface area contributed by atoms with Gasteiger partial charge in [-0.05, 0) is 46.3 Å². The highest BCUT2D eigenvalue weighted by molar-refractivity contribution is 9.10. The van der Waals surface area contributed by atoms with E-state index >= 15 is 0 Å². The van der Waals surface area contributed by atoms with E-state index in [1.54, 1.807) is 19.5 Å². The van der Waals surface area contributed by atoms with Gasteiger partial charge in [-0.1, -0.05) is 0 Å². The van der Waals surface area contributed by atoms with Crippen LogP contribution in [0.4, 0.5) is 17.1 Å². The molecule has 2 aromatic carbocycles. The first-order chi connectivity index (χ1) is 10.2. The highest BCUT2D eigenvalue weighted by atomic mass is 79.9. The summed E-state index contributed by atoms with van der Waals surface area (Å²) in [6, 6.07) is 11.7. The quantitative estimate of drug-likeness (QED) is 0.694. The lowest BCUT2D eigenvalue weighted by Crippen LogP contribution is -1.95. The van der Waals surface area contributed by atoms with Crippen LogP contribution >= 0.6 is 15.9 Å². The molecule has 1 heterocycles. The van der Waals surface area contributed by atoms with Gasteiger partial charge in [0, 0.05) is 46.3 Å². The van der Waals surface area contributed by atoms with Crippen LogP contribution in [0.1, 0.15) is 0 Å². The predicted molar refractivity (Wildman–Crippen MR) is 90.1 cm³/mol. The number of halogens is 1. The minimum Gasteiger partial charge on any atom is -0.495 e. The van der Waals surface area contributed by atoms with Crippen molar-refractivity contribution < 1.29 is 4.74 Å². The molecule has 0 saturated heterocycles. The number of methoxy groups -OCH3 is 1. The Labute approximate surface area is 131 Å². The highest BCUT2D eigenvalue weighted by Gasteiger charge is 2.06. The summed E-state index contributed by atoms with van der Waals surface area (Å²) in [5.74, 6) is 0.779. The van der Waals surface area contributed by atoms with E-state index in [-0.39, 0.29) is 0 Å². The molecule has 0 unspecified atom stereocenters. The summed E-state index contributed by atoms with van der Waals surface area (Å²) in [5, 5.41) is 5.36. The first-order valence-electron chi connectivity index (χ1n) is 6.42. The number of aromatic nitrogens is 1. The van der Waals surface area contributed by atoms with Crippen LogP contribution in [-0.2, 0) is 0 Å². The fourth-order valence-electron chi connectivity index (χ4n) is 2.21. The van der Waals surface area contributed by atoms with Crippen LogP contribution in [0.3, 0.4) is 0 Å². The third-order valence-corrected chi connectivity index (χ3v) is 3.94. The lowest BCUT2D eigenvalue weighted by Gasteiger charge is -2.12. The van der Waals surface area contributed by atoms with Gasteiger partial charge in [0.1, 0.15) is 5.75 Å². The van der Waals surface area contributed by atoms with Crippen molar-refractivity contribution in [3.8, 4) is 5.75 Å². The number of pyridine rings is 1. The SMILES string of the molecule is COc1cc(Nc2ccc(N)c3cnccc23)ccc1Br. The first-order valence-corrected chi connectivity index (χ1v) is 7.21. The van der Waals surface area contributed by atoms with Crippen LogP contribution in [0.15, 0.2) is 53.3 Å². The molecule has 0 atom stereocenters. The molecule has 0 aliphatic heterocycles. The summed E-state index contributed by atoms with van der Waals surface area (Å²) >= 11 is 3.45. The monoisotopic (exact) mass is 343 g/mol. The van der Waals surface area contributed by atoms with Crippen molar-refractivity contribution >= 4 is 43.8 Å². The number of hydrogen-bond donors (Lipinski definition) is 2. The third kappa shape index (κ3) is 2.64. The minimum atomic E-state index is 0.719. The molecule has 0 spiro atoms. The van der Waals surface area contributed by atoms with Gasteiger partial charge in [0.15, 0.2) is 0 Å². The summed E-state index contributed by atoms with van der Waals surface area (Å²) in [4.78, 5) is 4.13. The van der Waals surface area contributed by atoms with Crippen LogP contribution in [0.5, 0.6) is 5.75 Å². The van der Waals surface area contributed by atoms with Gasteiger partial charge in [0.25, 0.3) is 0 Å². The Balaban J connectivity index is 2.04. The van der Waals surface area contributed by atoms with E-state index in [0.29, 0.717) is 0 Å². The molecular formula is C16H14BrN3O. The smallest absolute Gasteiger partial charge is 0.135 e. The van der Waals surface area contributed by atoms with E-state index in [1.807, 2.05) is 36.4 Å². The second-order valence-corrected chi connectivity index (χ2v) is 5.45. The number of nitrogen functional groups attached to an aromatic ring is 1. The second kappa shape index (κ2) is 5.61. The Morgan fingerprint density at radius 2 is 2.00 bits per heavy atom. The van der Waals surface area contributed by atoms with Gasteiger partial charge in [0.2, 0.25) is 0 Å². The normalized spacial score (nSPS) is 10.6. The van der Waals surface area contributed by atoms with E-state index in [0.717, 1.165) is 38.1 Å². The molecule has 5 heteroatoms. The standard InChI is InChI=1S/C16H14BrN3O/c1-21-16-8-10(2-3-13(16)17)20-15-5-4-14(18)12-9-19-7-6-11(12)15/h2-9,20H,18H2,1H3. The van der Waals surface area contributed by atoms with Gasteiger partial charge in [-0.2, -0.15) is 0 Å². The first kappa shape index (κ1) is 13.7. The van der Waals surface area contributed by atoms with E-state index < -0.39 is 0 Å². The van der Waals surface area contributed by atoms with Crippen molar-refractivity contribution in [3.63, 3.8) is 0 Å². The van der Waals surface area contributed by atoms with Crippen LogP contribution in [-0.4, -0.2) is 12.1 Å². The van der Waals surface area contributed by atoms with Crippen LogP contribution in [0.2, 0.25) is 0 Å². The van der Waals surface area contributed by atoms with Crippen LogP contribution in [0, 0.1) is 0 Å². The van der Waals surface area contributed by atoms with Crippen molar-refractivity contribution in [2.75, 3.05) is 18.2 Å². The summed E-state index contributed by atoms with van der Waals surface area (Å²) in [7, 11) is 1.65. The highest BCUT2D eigenvalue weighted by Crippen LogP contribution is 2.33. The summed E-state index contributed by atoms with van der Waals surface area (Å²) in [6.45, 7) is 0. The van der Waals surface area contributed by atoms with Crippen LogP contribution < -0.4 is 15.8 Å². The Bertz CT molecular complexity index is 805. The Morgan fingerprint density at radius 3 is 2.81 bits per heavy atom. The van der Waals surface area contributed by atoms with Crippen molar-refractivity contribution in [1.29, 1.82) is 0 Å². The second-order valence-electron chi connectivity index (χ2n) is 4.60. The number of nitrogens with two attached hydrogens (primary N) is 1. The van der Waals surface area contributed by atoms with Gasteiger partial charge in [-0.15, -0.1) is 0 Å². The van der Waals surface area contributed by atoms with E-state index in [1.165, 1.54) is 0 Å². The summed E-state index contributed by atoms with van der Waals surface area (Å²) in [6.07, 6.45) is 3.53. The average Bonchev–Trinajstić information content (AvgIpc) is 2.52. The Hall–Kier alpha value is -2.27. The van der Waals surface area contributed by atoms with Crippen molar-refractivity contribution in [2.45, 2.75) is 0 Å². The maximum atomic E-state index is 5.99. The number of hydrogen-bond acceptors (Lipinski definition) is 4. The summed E-state index contributed by atoms with van der Waals surface area (Å²) < 4.78 is 6.23. The van der Waals surface area contributed by atoms with E-state index in [9.17, 15) is 0 Å². The van der Waals surface area contributed by atoms with Gasteiger partial charge < -0.3 is 15.8 Å². The lowest BCUT2D eigenvalue weighted by atomic mass is 10.1. The Kier molecular flexibility index (Phi) is 3.66. The molecule has 3 aromatic rings. The molecule has 0 saturated carbocycles. The molecule has 0 amide bonds. The minimum absolute atomic E-state index is 0.719. The van der Waals surface area contributed by atoms with Gasteiger partial charge in [0.05, 0.1) is 11.6 Å². The van der Waals surface area contributed by atoms with Gasteiger partial charge in [-0.25, -0.2) is 0 Å². The predicted octanol–water partition coefficient (Wildman–Crippen LogP) is 4.33. The number of benzene rings is 2. The maximum Gasteiger partial charge on any atom is 0.135 e. The number of anilines is 3. The fraction of sp³-hybridized carbons (Fsp3) is 0.0625. The molecule has 3 N–H and O–H groups in total. The maximum absolute atomic E-state index is 5.99. The zero-order valence-corrected chi connectivity index (χ0v) is 13.0. The number of nitrogens with one attached hydrogen (secondary N) is 1. The Morgan fingerprint density at radius 1 is 1.14 bits per heavy atom. The van der Waals surface area contributed by atoms with Gasteiger partial charge >= 0.3 is 0 Å².